The van der Waals surface area contributed by atoms with Crippen molar-refractivity contribution in [2.75, 3.05) is 33.4 Å². The third-order valence-corrected chi connectivity index (χ3v) is 4.07. The molecule has 0 saturated carbocycles. The van der Waals surface area contributed by atoms with Crippen molar-refractivity contribution >= 4 is 5.91 Å². The zero-order valence-electron chi connectivity index (χ0n) is 12.8. The molecule has 0 bridgehead atoms. The van der Waals surface area contributed by atoms with Gasteiger partial charge in [-0.3, -0.25) is 9.69 Å². The van der Waals surface area contributed by atoms with Crippen molar-refractivity contribution in [1.82, 2.24) is 10.2 Å². The van der Waals surface area contributed by atoms with Gasteiger partial charge in [-0.05, 0) is 31.5 Å². The van der Waals surface area contributed by atoms with Crippen molar-refractivity contribution in [3.8, 4) is 5.75 Å². The van der Waals surface area contributed by atoms with E-state index in [9.17, 15) is 14.3 Å². The number of aliphatic hydroxyl groups is 1. The van der Waals surface area contributed by atoms with E-state index in [4.69, 9.17) is 4.74 Å². The molecule has 5 nitrogen and oxygen atoms in total. The van der Waals surface area contributed by atoms with Crippen molar-refractivity contribution in [3.05, 3.63) is 29.6 Å². The van der Waals surface area contributed by atoms with E-state index in [1.54, 1.807) is 6.07 Å². The van der Waals surface area contributed by atoms with Crippen LogP contribution in [0.2, 0.25) is 0 Å². The van der Waals surface area contributed by atoms with Crippen LogP contribution in [0, 0.1) is 5.82 Å². The number of hydrogen-bond donors (Lipinski definition) is 2. The number of rotatable bonds is 6. The summed E-state index contributed by atoms with van der Waals surface area (Å²) in [6.07, 6.45) is 3.22. The smallest absolute Gasteiger partial charge is 0.254 e. The minimum atomic E-state index is -0.645. The van der Waals surface area contributed by atoms with Crippen LogP contribution in [-0.2, 0) is 0 Å². The maximum absolute atomic E-state index is 14.0. The molecule has 1 unspecified atom stereocenters. The molecule has 1 aromatic carbocycles. The second-order valence-corrected chi connectivity index (χ2v) is 5.45. The summed E-state index contributed by atoms with van der Waals surface area (Å²) < 4.78 is 18.9. The van der Waals surface area contributed by atoms with E-state index in [1.807, 2.05) is 0 Å². The average molecular weight is 310 g/mol. The van der Waals surface area contributed by atoms with Crippen molar-refractivity contribution in [3.63, 3.8) is 0 Å². The van der Waals surface area contributed by atoms with Gasteiger partial charge in [0.25, 0.3) is 5.91 Å². The molecular formula is C16H23FN2O3. The number of methoxy groups -OCH3 is 1. The summed E-state index contributed by atoms with van der Waals surface area (Å²) in [7, 11) is 1.37. The van der Waals surface area contributed by atoms with E-state index in [1.165, 1.54) is 19.2 Å². The van der Waals surface area contributed by atoms with Crippen LogP contribution in [0.1, 0.15) is 29.6 Å². The molecule has 1 saturated heterocycles. The van der Waals surface area contributed by atoms with Crippen LogP contribution in [0.15, 0.2) is 18.2 Å². The lowest BCUT2D eigenvalue weighted by atomic mass is 10.0. The Balaban J connectivity index is 1.87. The summed E-state index contributed by atoms with van der Waals surface area (Å²) in [6, 6.07) is 4.67. The van der Waals surface area contributed by atoms with Crippen LogP contribution in [0.3, 0.4) is 0 Å². The molecule has 2 N–H and O–H groups in total. The van der Waals surface area contributed by atoms with Crippen LogP contribution < -0.4 is 10.1 Å². The first-order valence-corrected chi connectivity index (χ1v) is 7.63. The van der Waals surface area contributed by atoms with Crippen molar-refractivity contribution in [2.24, 2.45) is 0 Å². The van der Waals surface area contributed by atoms with Gasteiger partial charge in [0.05, 0.1) is 19.3 Å². The van der Waals surface area contributed by atoms with Gasteiger partial charge in [-0.1, -0.05) is 12.5 Å². The van der Waals surface area contributed by atoms with Crippen LogP contribution in [0.5, 0.6) is 5.75 Å². The average Bonchev–Trinajstić information content (AvgIpc) is 2.55. The van der Waals surface area contributed by atoms with Crippen molar-refractivity contribution in [2.45, 2.75) is 25.3 Å². The largest absolute Gasteiger partial charge is 0.494 e. The Morgan fingerprint density at radius 2 is 2.32 bits per heavy atom. The number of hydrogen-bond acceptors (Lipinski definition) is 4. The Bertz CT molecular complexity index is 510. The number of ether oxygens (including phenoxy) is 1. The summed E-state index contributed by atoms with van der Waals surface area (Å²) in [4.78, 5) is 14.2. The molecule has 1 aliphatic heterocycles. The normalized spacial score (nSPS) is 19.0. The molecule has 122 valence electrons. The second-order valence-electron chi connectivity index (χ2n) is 5.45. The molecule has 0 aliphatic carbocycles. The molecule has 6 heteroatoms. The Hall–Kier alpha value is -1.66. The zero-order chi connectivity index (χ0) is 15.9. The summed E-state index contributed by atoms with van der Waals surface area (Å²) in [5.74, 6) is -1.04. The Morgan fingerprint density at radius 1 is 1.50 bits per heavy atom. The summed E-state index contributed by atoms with van der Waals surface area (Å²) in [5, 5.41) is 12.1. The maximum Gasteiger partial charge on any atom is 0.254 e. The van der Waals surface area contributed by atoms with E-state index >= 15 is 0 Å². The predicted octanol–water partition coefficient (Wildman–Crippen LogP) is 1.41. The fraction of sp³-hybridized carbons (Fsp3) is 0.562. The fourth-order valence-electron chi connectivity index (χ4n) is 2.81. The van der Waals surface area contributed by atoms with E-state index in [0.29, 0.717) is 13.1 Å². The van der Waals surface area contributed by atoms with Crippen LogP contribution in [0.25, 0.3) is 0 Å². The Morgan fingerprint density at radius 3 is 3.05 bits per heavy atom. The molecule has 1 heterocycles. The molecule has 1 amide bonds. The van der Waals surface area contributed by atoms with E-state index in [0.717, 1.165) is 25.8 Å². The summed E-state index contributed by atoms with van der Waals surface area (Å²) in [5.41, 5.74) is -0.0169. The van der Waals surface area contributed by atoms with E-state index < -0.39 is 11.7 Å². The molecule has 1 atom stereocenters. The molecule has 1 aromatic rings. The number of halogens is 1. The molecule has 2 rings (SSSR count). The number of benzene rings is 1. The lowest BCUT2D eigenvalue weighted by molar-refractivity contribution is 0.0847. The highest BCUT2D eigenvalue weighted by Gasteiger charge is 2.21. The topological polar surface area (TPSA) is 61.8 Å². The number of piperidine rings is 1. The highest BCUT2D eigenvalue weighted by molar-refractivity contribution is 5.94. The van der Waals surface area contributed by atoms with Crippen LogP contribution >= 0.6 is 0 Å². The van der Waals surface area contributed by atoms with Gasteiger partial charge in [-0.15, -0.1) is 0 Å². The molecule has 1 fully saturated rings. The van der Waals surface area contributed by atoms with Crippen LogP contribution in [0.4, 0.5) is 4.39 Å². The zero-order valence-corrected chi connectivity index (χ0v) is 12.8. The van der Waals surface area contributed by atoms with Gasteiger partial charge in [-0.25, -0.2) is 4.39 Å². The first-order chi connectivity index (χ1) is 10.7. The summed E-state index contributed by atoms with van der Waals surface area (Å²) >= 11 is 0. The highest BCUT2D eigenvalue weighted by atomic mass is 19.1. The van der Waals surface area contributed by atoms with Gasteiger partial charge in [0, 0.05) is 19.1 Å². The number of carbonyl (C=O) groups excluding carboxylic acids is 1. The predicted molar refractivity (Wildman–Crippen MR) is 81.6 cm³/mol. The van der Waals surface area contributed by atoms with Gasteiger partial charge in [0.1, 0.15) is 0 Å². The second kappa shape index (κ2) is 8.10. The molecule has 22 heavy (non-hydrogen) atoms. The third-order valence-electron chi connectivity index (χ3n) is 4.07. The molecular weight excluding hydrogens is 287 g/mol. The highest BCUT2D eigenvalue weighted by Crippen LogP contribution is 2.20. The number of nitrogens with one attached hydrogen (secondary N) is 1. The first-order valence-electron chi connectivity index (χ1n) is 7.63. The lowest BCUT2D eigenvalue weighted by Crippen LogP contribution is -2.45. The van der Waals surface area contributed by atoms with Crippen molar-refractivity contribution in [1.29, 1.82) is 0 Å². The van der Waals surface area contributed by atoms with E-state index in [2.05, 4.69) is 10.2 Å². The monoisotopic (exact) mass is 310 g/mol. The van der Waals surface area contributed by atoms with Crippen molar-refractivity contribution < 1.29 is 19.0 Å². The number of aliphatic hydroxyl groups excluding tert-OH is 1. The molecule has 1 aliphatic rings. The number of carbonyl (C=O) groups is 1. The Kier molecular flexibility index (Phi) is 6.15. The molecule has 0 spiro atoms. The maximum atomic E-state index is 14.0. The van der Waals surface area contributed by atoms with Crippen LogP contribution in [-0.4, -0.2) is 55.3 Å². The minimum Gasteiger partial charge on any atom is -0.494 e. The van der Waals surface area contributed by atoms with Gasteiger partial charge in [0.2, 0.25) is 0 Å². The fourth-order valence-corrected chi connectivity index (χ4v) is 2.81. The molecule has 0 radical (unpaired) electrons. The summed E-state index contributed by atoms with van der Waals surface area (Å²) in [6.45, 7) is 2.14. The number of likely N-dealkylation sites (tertiary alicyclic amines) is 1. The van der Waals surface area contributed by atoms with Gasteiger partial charge >= 0.3 is 0 Å². The van der Waals surface area contributed by atoms with Gasteiger partial charge in [0.15, 0.2) is 11.6 Å². The van der Waals surface area contributed by atoms with E-state index in [-0.39, 0.29) is 24.0 Å². The number of amides is 1. The minimum absolute atomic E-state index is 0.0169. The standard InChI is InChI=1S/C16H23FN2O3/c1-22-14-7-4-6-13(15(14)17)16(21)18-8-10-19-9-3-2-5-12(19)11-20/h4,6-7,12,20H,2-3,5,8-11H2,1H3,(H,18,21). The third kappa shape index (κ3) is 3.96. The first kappa shape index (κ1) is 16.7. The molecule has 0 aromatic heterocycles. The number of nitrogens with zero attached hydrogens (tertiary/aromatic N) is 1. The van der Waals surface area contributed by atoms with Gasteiger partial charge < -0.3 is 15.2 Å². The Labute approximate surface area is 130 Å². The lowest BCUT2D eigenvalue weighted by Gasteiger charge is -2.34. The SMILES string of the molecule is COc1cccc(C(=O)NCCN2CCCCC2CO)c1F. The quantitative estimate of drug-likeness (QED) is 0.834. The van der Waals surface area contributed by atoms with Gasteiger partial charge in [-0.2, -0.15) is 0 Å².